The number of nitrogens with one attached hydrogen (secondary N) is 1. The van der Waals surface area contributed by atoms with Crippen LogP contribution in [-0.2, 0) is 32.6 Å². The molecule has 41 heavy (non-hydrogen) atoms. The van der Waals surface area contributed by atoms with Gasteiger partial charge in [-0.1, -0.05) is 79.5 Å². The third-order valence-electron chi connectivity index (χ3n) is 6.41. The number of nitro groups is 1. The van der Waals surface area contributed by atoms with Gasteiger partial charge in [0.05, 0.1) is 16.9 Å². The zero-order valence-electron chi connectivity index (χ0n) is 22.9. The van der Waals surface area contributed by atoms with Crippen LogP contribution in [0.15, 0.2) is 78.9 Å². The number of rotatable bonds is 14. The lowest BCUT2D eigenvalue weighted by atomic mass is 10.0. The van der Waals surface area contributed by atoms with Crippen molar-refractivity contribution in [1.82, 2.24) is 10.2 Å². The number of amides is 2. The molecule has 218 valence electrons. The highest BCUT2D eigenvalue weighted by Gasteiger charge is 2.33. The summed E-state index contributed by atoms with van der Waals surface area (Å²) < 4.78 is 26.5. The molecule has 12 heteroatoms. The van der Waals surface area contributed by atoms with E-state index in [4.69, 9.17) is 11.6 Å². The second kappa shape index (κ2) is 14.6. The quantitative estimate of drug-likeness (QED) is 0.164. The van der Waals surface area contributed by atoms with E-state index in [1.54, 1.807) is 24.3 Å². The first-order valence-electron chi connectivity index (χ1n) is 13.1. The third-order valence-corrected chi connectivity index (χ3v) is 7.92. The largest absolute Gasteiger partial charge is 0.354 e. The highest BCUT2D eigenvalue weighted by Crippen LogP contribution is 2.25. The summed E-state index contributed by atoms with van der Waals surface area (Å²) in [5, 5.41) is 14.6. The molecule has 0 aliphatic heterocycles. The number of hydrogen-bond donors (Lipinski definition) is 1. The normalized spacial score (nSPS) is 11.9. The molecular formula is C29H33ClN4O6S. The summed E-state index contributed by atoms with van der Waals surface area (Å²) in [6.07, 6.45) is 2.69. The molecule has 0 bridgehead atoms. The summed E-state index contributed by atoms with van der Waals surface area (Å²) in [6.45, 7) is 1.66. The molecule has 0 unspecified atom stereocenters. The Labute approximate surface area is 245 Å². The zero-order valence-corrected chi connectivity index (χ0v) is 24.5. The maximum atomic E-state index is 14.0. The lowest BCUT2D eigenvalue weighted by Crippen LogP contribution is -2.53. The van der Waals surface area contributed by atoms with Gasteiger partial charge in [0.2, 0.25) is 21.8 Å². The van der Waals surface area contributed by atoms with Crippen LogP contribution in [0.1, 0.15) is 30.9 Å². The minimum absolute atomic E-state index is 0.0419. The molecule has 0 fully saturated rings. The van der Waals surface area contributed by atoms with Crippen molar-refractivity contribution in [1.29, 1.82) is 0 Å². The molecule has 1 atom stereocenters. The van der Waals surface area contributed by atoms with Crippen molar-refractivity contribution in [2.45, 2.75) is 38.8 Å². The predicted octanol–water partition coefficient (Wildman–Crippen LogP) is 4.57. The first-order valence-corrected chi connectivity index (χ1v) is 15.3. The van der Waals surface area contributed by atoms with Crippen LogP contribution in [0, 0.1) is 10.1 Å². The van der Waals surface area contributed by atoms with E-state index in [1.807, 2.05) is 37.3 Å². The van der Waals surface area contributed by atoms with Gasteiger partial charge < -0.3 is 10.2 Å². The van der Waals surface area contributed by atoms with E-state index in [9.17, 15) is 28.1 Å². The molecular weight excluding hydrogens is 568 g/mol. The van der Waals surface area contributed by atoms with Crippen molar-refractivity contribution in [2.24, 2.45) is 0 Å². The van der Waals surface area contributed by atoms with Gasteiger partial charge in [-0.05, 0) is 29.7 Å². The first kappa shape index (κ1) is 31.6. The summed E-state index contributed by atoms with van der Waals surface area (Å²) in [6, 6.07) is 20.1. The van der Waals surface area contributed by atoms with Crippen molar-refractivity contribution in [3.05, 3.63) is 105 Å². The molecule has 1 N–H and O–H groups in total. The Kier molecular flexibility index (Phi) is 11.2. The number of non-ortho nitro benzene ring substituents is 1. The van der Waals surface area contributed by atoms with Crippen LogP contribution in [0.3, 0.4) is 0 Å². The number of nitrogens with zero attached hydrogens (tertiary/aromatic N) is 3. The van der Waals surface area contributed by atoms with Crippen LogP contribution in [0.25, 0.3) is 0 Å². The maximum absolute atomic E-state index is 14.0. The second-order valence-corrected chi connectivity index (χ2v) is 11.8. The predicted molar refractivity (Wildman–Crippen MR) is 159 cm³/mol. The number of sulfonamides is 1. The van der Waals surface area contributed by atoms with Gasteiger partial charge >= 0.3 is 0 Å². The molecule has 3 rings (SSSR count). The van der Waals surface area contributed by atoms with E-state index in [2.05, 4.69) is 5.32 Å². The number of unbranched alkanes of at least 4 members (excludes halogenated alkanes) is 1. The van der Waals surface area contributed by atoms with Gasteiger partial charge in [0.1, 0.15) is 12.6 Å². The van der Waals surface area contributed by atoms with Crippen LogP contribution in [0.5, 0.6) is 0 Å². The Hall–Kier alpha value is -3.96. The number of benzene rings is 3. The molecule has 0 aromatic heterocycles. The smallest absolute Gasteiger partial charge is 0.271 e. The minimum Gasteiger partial charge on any atom is -0.354 e. The number of hydrogen-bond acceptors (Lipinski definition) is 6. The molecule has 0 spiro atoms. The van der Waals surface area contributed by atoms with Crippen LogP contribution in [-0.4, -0.2) is 55.4 Å². The van der Waals surface area contributed by atoms with Gasteiger partial charge in [-0.2, -0.15) is 0 Å². The Morgan fingerprint density at radius 3 is 2.34 bits per heavy atom. The van der Waals surface area contributed by atoms with Gasteiger partial charge in [0, 0.05) is 36.7 Å². The first-order chi connectivity index (χ1) is 19.5. The highest BCUT2D eigenvalue weighted by molar-refractivity contribution is 7.92. The molecule has 2 amide bonds. The van der Waals surface area contributed by atoms with E-state index >= 15 is 0 Å². The Morgan fingerprint density at radius 1 is 1.02 bits per heavy atom. The van der Waals surface area contributed by atoms with Gasteiger partial charge in [0.15, 0.2) is 0 Å². The zero-order chi connectivity index (χ0) is 30.0. The molecule has 0 radical (unpaired) electrons. The maximum Gasteiger partial charge on any atom is 0.271 e. The van der Waals surface area contributed by atoms with Crippen LogP contribution in [0.2, 0.25) is 5.02 Å². The summed E-state index contributed by atoms with van der Waals surface area (Å²) in [4.78, 5) is 39.6. The van der Waals surface area contributed by atoms with E-state index in [0.29, 0.717) is 17.1 Å². The summed E-state index contributed by atoms with van der Waals surface area (Å²) in [5.74, 6) is -1.06. The standard InChI is InChI=1S/C29H33ClN4O6S/c1-3-4-17-31-29(36)27(18-22-11-6-5-7-12-22)32(20-23-13-8-9-16-26(23)30)28(35)21-33(41(2,39)40)24-14-10-15-25(19-24)34(37)38/h5-16,19,27H,3-4,17-18,20-21H2,1-2H3,(H,31,36)/t27-/m1/s1. The fourth-order valence-corrected chi connectivity index (χ4v) is 5.28. The van der Waals surface area contributed by atoms with Crippen molar-refractivity contribution in [3.63, 3.8) is 0 Å². The molecule has 0 aliphatic rings. The number of nitro benzene ring substituents is 1. The molecule has 10 nitrogen and oxygen atoms in total. The Balaban J connectivity index is 2.06. The van der Waals surface area contributed by atoms with E-state index in [0.717, 1.165) is 35.0 Å². The summed E-state index contributed by atoms with van der Waals surface area (Å²) in [5.41, 5.74) is 1.01. The molecule has 3 aromatic carbocycles. The molecule has 0 saturated heterocycles. The molecule has 3 aromatic rings. The van der Waals surface area contributed by atoms with E-state index < -0.39 is 33.4 Å². The Morgan fingerprint density at radius 2 is 1.71 bits per heavy atom. The number of anilines is 1. The topological polar surface area (TPSA) is 130 Å². The summed E-state index contributed by atoms with van der Waals surface area (Å²) in [7, 11) is -4.06. The van der Waals surface area contributed by atoms with Crippen molar-refractivity contribution in [3.8, 4) is 0 Å². The van der Waals surface area contributed by atoms with Gasteiger partial charge in [-0.25, -0.2) is 8.42 Å². The van der Waals surface area contributed by atoms with Crippen molar-refractivity contribution in [2.75, 3.05) is 23.7 Å². The highest BCUT2D eigenvalue weighted by atomic mass is 35.5. The SMILES string of the molecule is CCCCNC(=O)[C@@H](Cc1ccccc1)N(Cc1ccccc1Cl)C(=O)CN(c1cccc([N+](=O)[O-])c1)S(C)(=O)=O. The lowest BCUT2D eigenvalue weighted by molar-refractivity contribution is -0.384. The van der Waals surface area contributed by atoms with Gasteiger partial charge in [0.25, 0.3) is 5.69 Å². The molecule has 0 heterocycles. The Bertz CT molecular complexity index is 1470. The number of halogens is 1. The number of carbonyl (C=O) groups excluding carboxylic acids is 2. The van der Waals surface area contributed by atoms with Gasteiger partial charge in [-0.15, -0.1) is 0 Å². The van der Waals surface area contributed by atoms with Crippen molar-refractivity contribution >= 4 is 44.8 Å². The fraction of sp³-hybridized carbons (Fsp3) is 0.310. The van der Waals surface area contributed by atoms with Crippen LogP contribution < -0.4 is 9.62 Å². The lowest BCUT2D eigenvalue weighted by Gasteiger charge is -2.33. The fourth-order valence-electron chi connectivity index (χ4n) is 4.25. The third kappa shape index (κ3) is 9.02. The monoisotopic (exact) mass is 600 g/mol. The average Bonchev–Trinajstić information content (AvgIpc) is 2.94. The second-order valence-electron chi connectivity index (χ2n) is 9.51. The minimum atomic E-state index is -4.06. The van der Waals surface area contributed by atoms with Crippen molar-refractivity contribution < 1.29 is 22.9 Å². The van der Waals surface area contributed by atoms with Gasteiger partial charge in [-0.3, -0.25) is 24.0 Å². The van der Waals surface area contributed by atoms with Crippen LogP contribution in [0.4, 0.5) is 11.4 Å². The number of carbonyl (C=O) groups is 2. The van der Waals surface area contributed by atoms with E-state index in [-0.39, 0.29) is 30.2 Å². The average molecular weight is 601 g/mol. The summed E-state index contributed by atoms with van der Waals surface area (Å²) >= 11 is 6.43. The molecule has 0 saturated carbocycles. The van der Waals surface area contributed by atoms with E-state index in [1.165, 1.54) is 23.1 Å². The molecule has 0 aliphatic carbocycles. The van der Waals surface area contributed by atoms with Crippen LogP contribution >= 0.6 is 11.6 Å².